The fraction of sp³-hybridized carbons (Fsp3) is 0.176. The molecule has 0 aliphatic rings. The van der Waals surface area contributed by atoms with Gasteiger partial charge >= 0.3 is 11.9 Å². The number of aliphatic carboxylic acids is 2. The van der Waals surface area contributed by atoms with E-state index in [1.54, 1.807) is 30.3 Å². The fourth-order valence-electron chi connectivity index (χ4n) is 2.01. The molecule has 0 atom stereocenters. The smallest absolute Gasteiger partial charge is 0.414 e. The molecule has 0 amide bonds. The lowest BCUT2D eigenvalue weighted by Crippen LogP contribution is -2.17. The van der Waals surface area contributed by atoms with Crippen LogP contribution in [0.15, 0.2) is 42.5 Å². The minimum absolute atomic E-state index is 0.134. The van der Waals surface area contributed by atoms with Gasteiger partial charge in [0.1, 0.15) is 0 Å². The molecular formula is C17H16Cl2N2O6. The second-order valence-electron chi connectivity index (χ2n) is 5.16. The van der Waals surface area contributed by atoms with E-state index in [2.05, 4.69) is 5.32 Å². The third kappa shape index (κ3) is 8.04. The predicted molar refractivity (Wildman–Crippen MR) is 100 cm³/mol. The number of halogens is 2. The topological polar surface area (TPSA) is 130 Å². The molecule has 2 rings (SSSR count). The van der Waals surface area contributed by atoms with Crippen LogP contribution in [0.5, 0.6) is 0 Å². The first kappa shape index (κ1) is 22.4. The first-order valence-electron chi connectivity index (χ1n) is 7.55. The van der Waals surface area contributed by atoms with E-state index < -0.39 is 11.9 Å². The van der Waals surface area contributed by atoms with Crippen LogP contribution in [0.25, 0.3) is 0 Å². The molecule has 0 spiro atoms. The molecule has 0 fully saturated rings. The lowest BCUT2D eigenvalue weighted by atomic mass is 10.1. The Morgan fingerprint density at radius 1 is 1.04 bits per heavy atom. The minimum Gasteiger partial charge on any atom is -0.473 e. The zero-order chi connectivity index (χ0) is 20.4. The molecule has 0 saturated heterocycles. The number of nitro benzene ring substituents is 1. The first-order valence-corrected chi connectivity index (χ1v) is 8.31. The molecular weight excluding hydrogens is 399 g/mol. The van der Waals surface area contributed by atoms with Gasteiger partial charge in [-0.3, -0.25) is 10.1 Å². The van der Waals surface area contributed by atoms with Crippen LogP contribution in [0.4, 0.5) is 5.69 Å². The van der Waals surface area contributed by atoms with Crippen LogP contribution in [0.1, 0.15) is 11.1 Å². The summed E-state index contributed by atoms with van der Waals surface area (Å²) in [5.74, 6) is -3.65. The molecule has 3 N–H and O–H groups in total. The number of hydrogen-bond donors (Lipinski definition) is 3. The number of rotatable bonds is 6. The van der Waals surface area contributed by atoms with E-state index in [0.717, 1.165) is 12.0 Å². The Morgan fingerprint density at radius 3 is 2.22 bits per heavy atom. The van der Waals surface area contributed by atoms with Gasteiger partial charge in [0.25, 0.3) is 5.69 Å². The summed E-state index contributed by atoms with van der Waals surface area (Å²) >= 11 is 11.9. The van der Waals surface area contributed by atoms with Gasteiger partial charge in [0, 0.05) is 28.2 Å². The summed E-state index contributed by atoms with van der Waals surface area (Å²) in [4.78, 5) is 28.7. The lowest BCUT2D eigenvalue weighted by molar-refractivity contribution is -0.385. The monoisotopic (exact) mass is 414 g/mol. The zero-order valence-corrected chi connectivity index (χ0v) is 15.4. The van der Waals surface area contributed by atoms with Crippen LogP contribution < -0.4 is 5.32 Å². The standard InChI is InChI=1S/C15H14Cl2N2O2.C2H2O4/c16-13-6-5-11(14(17)9-13)7-8-18-10-12-3-1-2-4-15(12)19(20)21;3-1(4)2(5)6/h1-6,9,18H,7-8,10H2;(H,3,4)(H,5,6). The van der Waals surface area contributed by atoms with Crippen molar-refractivity contribution in [2.45, 2.75) is 13.0 Å². The molecule has 0 heterocycles. The highest BCUT2D eigenvalue weighted by Crippen LogP contribution is 2.21. The van der Waals surface area contributed by atoms with Crippen molar-refractivity contribution in [3.8, 4) is 0 Å². The summed E-state index contributed by atoms with van der Waals surface area (Å²) in [6.45, 7) is 1.12. The lowest BCUT2D eigenvalue weighted by Gasteiger charge is -2.07. The van der Waals surface area contributed by atoms with E-state index in [1.165, 1.54) is 6.07 Å². The molecule has 0 aliphatic heterocycles. The van der Waals surface area contributed by atoms with Crippen LogP contribution in [0.3, 0.4) is 0 Å². The number of nitro groups is 1. The van der Waals surface area contributed by atoms with Gasteiger partial charge in [-0.2, -0.15) is 0 Å². The van der Waals surface area contributed by atoms with Crippen molar-refractivity contribution >= 4 is 40.8 Å². The van der Waals surface area contributed by atoms with Gasteiger partial charge in [-0.1, -0.05) is 47.5 Å². The van der Waals surface area contributed by atoms with Gasteiger partial charge in [-0.15, -0.1) is 0 Å². The number of carbonyl (C=O) groups is 2. The van der Waals surface area contributed by atoms with Crippen molar-refractivity contribution in [1.82, 2.24) is 5.32 Å². The summed E-state index contributed by atoms with van der Waals surface area (Å²) in [5.41, 5.74) is 1.80. The molecule has 0 unspecified atom stereocenters. The number of benzene rings is 2. The van der Waals surface area contributed by atoms with E-state index in [0.29, 0.717) is 28.7 Å². The number of carboxylic acid groups (broad SMARTS) is 2. The third-order valence-electron chi connectivity index (χ3n) is 3.27. The van der Waals surface area contributed by atoms with Crippen LogP contribution in [-0.2, 0) is 22.6 Å². The van der Waals surface area contributed by atoms with E-state index in [-0.39, 0.29) is 10.6 Å². The van der Waals surface area contributed by atoms with Crippen LogP contribution >= 0.6 is 23.2 Å². The average Bonchev–Trinajstić information content (AvgIpc) is 2.61. The van der Waals surface area contributed by atoms with Crippen LogP contribution in [0, 0.1) is 10.1 Å². The van der Waals surface area contributed by atoms with Crippen molar-refractivity contribution in [1.29, 1.82) is 0 Å². The van der Waals surface area contributed by atoms with Gasteiger partial charge in [0.2, 0.25) is 0 Å². The zero-order valence-electron chi connectivity index (χ0n) is 13.9. The van der Waals surface area contributed by atoms with Crippen molar-refractivity contribution in [3.05, 3.63) is 73.8 Å². The minimum atomic E-state index is -1.82. The second kappa shape index (κ2) is 11.1. The molecule has 27 heavy (non-hydrogen) atoms. The summed E-state index contributed by atoms with van der Waals surface area (Å²) in [5, 5.41) is 30.1. The van der Waals surface area contributed by atoms with E-state index in [9.17, 15) is 10.1 Å². The van der Waals surface area contributed by atoms with Crippen molar-refractivity contribution in [3.63, 3.8) is 0 Å². The maximum absolute atomic E-state index is 10.9. The quantitative estimate of drug-likeness (QED) is 0.285. The third-order valence-corrected chi connectivity index (χ3v) is 3.86. The fourth-order valence-corrected chi connectivity index (χ4v) is 2.51. The molecule has 8 nitrogen and oxygen atoms in total. The van der Waals surface area contributed by atoms with Crippen LogP contribution in [-0.4, -0.2) is 33.6 Å². The highest BCUT2D eigenvalue weighted by molar-refractivity contribution is 6.35. The largest absolute Gasteiger partial charge is 0.473 e. The Balaban J connectivity index is 0.000000527. The maximum Gasteiger partial charge on any atom is 0.414 e. The molecule has 0 radical (unpaired) electrons. The van der Waals surface area contributed by atoms with Gasteiger partial charge < -0.3 is 15.5 Å². The van der Waals surface area contributed by atoms with E-state index in [1.807, 2.05) is 6.07 Å². The summed E-state index contributed by atoms with van der Waals surface area (Å²) < 4.78 is 0. The van der Waals surface area contributed by atoms with Crippen molar-refractivity contribution < 1.29 is 24.7 Å². The Labute approximate surface area is 164 Å². The molecule has 0 aromatic heterocycles. The molecule has 0 saturated carbocycles. The molecule has 0 bridgehead atoms. The van der Waals surface area contributed by atoms with Crippen molar-refractivity contribution in [2.75, 3.05) is 6.54 Å². The van der Waals surface area contributed by atoms with Gasteiger partial charge in [-0.25, -0.2) is 9.59 Å². The second-order valence-corrected chi connectivity index (χ2v) is 6.00. The van der Waals surface area contributed by atoms with Gasteiger partial charge in [-0.05, 0) is 30.7 Å². The number of carboxylic acids is 2. The Morgan fingerprint density at radius 2 is 1.67 bits per heavy atom. The number of nitrogens with one attached hydrogen (secondary N) is 1. The normalized spacial score (nSPS) is 9.85. The Hall–Kier alpha value is -2.68. The predicted octanol–water partition coefficient (Wildman–Crippen LogP) is 3.39. The Bertz CT molecular complexity index is 817. The van der Waals surface area contributed by atoms with E-state index >= 15 is 0 Å². The molecule has 0 aliphatic carbocycles. The number of nitrogens with zero attached hydrogens (tertiary/aromatic N) is 1. The highest BCUT2D eigenvalue weighted by atomic mass is 35.5. The highest BCUT2D eigenvalue weighted by Gasteiger charge is 2.11. The van der Waals surface area contributed by atoms with E-state index in [4.69, 9.17) is 43.0 Å². The summed E-state index contributed by atoms with van der Waals surface area (Å²) in [6, 6.07) is 12.1. The number of para-hydroxylation sites is 1. The van der Waals surface area contributed by atoms with Gasteiger partial charge in [0.15, 0.2) is 0 Å². The van der Waals surface area contributed by atoms with Crippen LogP contribution in [0.2, 0.25) is 10.0 Å². The summed E-state index contributed by atoms with van der Waals surface area (Å²) in [6.07, 6.45) is 0.733. The maximum atomic E-state index is 10.9. The Kier molecular flexibility index (Phi) is 9.21. The SMILES string of the molecule is O=C(O)C(=O)O.O=[N+]([O-])c1ccccc1CNCCc1ccc(Cl)cc1Cl. The first-order chi connectivity index (χ1) is 12.7. The molecule has 2 aromatic carbocycles. The molecule has 10 heteroatoms. The van der Waals surface area contributed by atoms with Gasteiger partial charge in [0.05, 0.1) is 4.92 Å². The number of hydrogen-bond acceptors (Lipinski definition) is 5. The molecule has 144 valence electrons. The van der Waals surface area contributed by atoms with Crippen molar-refractivity contribution in [2.24, 2.45) is 0 Å². The average molecular weight is 415 g/mol. The summed E-state index contributed by atoms with van der Waals surface area (Å²) in [7, 11) is 0. The molecule has 2 aromatic rings.